The van der Waals surface area contributed by atoms with Crippen molar-refractivity contribution in [3.63, 3.8) is 0 Å². The fourth-order valence-corrected chi connectivity index (χ4v) is 3.30. The van der Waals surface area contributed by atoms with Crippen LogP contribution < -0.4 is 10.6 Å². The van der Waals surface area contributed by atoms with Crippen molar-refractivity contribution in [1.82, 2.24) is 9.97 Å². The first-order valence-corrected chi connectivity index (χ1v) is 9.39. The third-order valence-electron chi connectivity index (χ3n) is 4.47. The van der Waals surface area contributed by atoms with Crippen molar-refractivity contribution < 1.29 is 4.79 Å². The molecule has 3 N–H and O–H groups in total. The average Bonchev–Trinajstić information content (AvgIpc) is 3.11. The molecule has 0 aliphatic heterocycles. The van der Waals surface area contributed by atoms with Gasteiger partial charge in [-0.1, -0.05) is 35.9 Å². The van der Waals surface area contributed by atoms with E-state index < -0.39 is 0 Å². The van der Waals surface area contributed by atoms with E-state index in [9.17, 15) is 4.79 Å². The Balaban J connectivity index is 1.39. The number of nitrogens with one attached hydrogen (secondary N) is 3. The van der Waals surface area contributed by atoms with E-state index in [1.54, 1.807) is 36.5 Å². The number of pyridine rings is 1. The van der Waals surface area contributed by atoms with Crippen LogP contribution in [0.1, 0.15) is 16.1 Å². The third kappa shape index (κ3) is 4.15. The van der Waals surface area contributed by atoms with Crippen molar-refractivity contribution in [3.8, 4) is 0 Å². The van der Waals surface area contributed by atoms with E-state index in [0.29, 0.717) is 16.4 Å². The van der Waals surface area contributed by atoms with E-state index in [1.165, 1.54) is 10.9 Å². The molecule has 6 heteroatoms. The molecular formula is C22H19ClN4O. The zero-order chi connectivity index (χ0) is 19.3. The quantitative estimate of drug-likeness (QED) is 0.427. The maximum absolute atomic E-state index is 12.4. The highest BCUT2D eigenvalue weighted by atomic mass is 35.5. The highest BCUT2D eigenvalue weighted by Crippen LogP contribution is 2.19. The summed E-state index contributed by atoms with van der Waals surface area (Å²) in [4.78, 5) is 19.9. The molecule has 2 aromatic heterocycles. The number of anilines is 2. The van der Waals surface area contributed by atoms with Crippen molar-refractivity contribution in [2.45, 2.75) is 6.42 Å². The monoisotopic (exact) mass is 390 g/mol. The van der Waals surface area contributed by atoms with Crippen LogP contribution in [0.3, 0.4) is 0 Å². The number of aromatic amines is 1. The summed E-state index contributed by atoms with van der Waals surface area (Å²) < 4.78 is 0. The summed E-state index contributed by atoms with van der Waals surface area (Å²) in [6.07, 6.45) is 4.54. The van der Waals surface area contributed by atoms with Gasteiger partial charge in [-0.3, -0.25) is 9.78 Å². The minimum Gasteiger partial charge on any atom is -0.385 e. The predicted molar refractivity (Wildman–Crippen MR) is 114 cm³/mol. The van der Waals surface area contributed by atoms with E-state index in [-0.39, 0.29) is 5.91 Å². The summed E-state index contributed by atoms with van der Waals surface area (Å²) in [7, 11) is 0. The van der Waals surface area contributed by atoms with Crippen LogP contribution in [0.25, 0.3) is 10.9 Å². The molecule has 5 nitrogen and oxygen atoms in total. The molecule has 0 aliphatic rings. The van der Waals surface area contributed by atoms with Crippen molar-refractivity contribution in [1.29, 1.82) is 0 Å². The largest absolute Gasteiger partial charge is 0.385 e. The maximum Gasteiger partial charge on any atom is 0.274 e. The fourth-order valence-electron chi connectivity index (χ4n) is 3.11. The van der Waals surface area contributed by atoms with Crippen LogP contribution >= 0.6 is 11.6 Å². The number of halogens is 1. The molecule has 0 unspecified atom stereocenters. The number of rotatable bonds is 6. The van der Waals surface area contributed by atoms with Crippen LogP contribution in [0.5, 0.6) is 0 Å². The summed E-state index contributed by atoms with van der Waals surface area (Å²) in [6, 6.07) is 18.9. The minimum absolute atomic E-state index is 0.275. The van der Waals surface area contributed by atoms with Gasteiger partial charge in [0, 0.05) is 46.2 Å². The highest BCUT2D eigenvalue weighted by molar-refractivity contribution is 6.30. The topological polar surface area (TPSA) is 69.8 Å². The number of benzene rings is 2. The Morgan fingerprint density at radius 1 is 1.04 bits per heavy atom. The van der Waals surface area contributed by atoms with Gasteiger partial charge in [-0.25, -0.2) is 0 Å². The molecule has 0 atom stereocenters. The molecule has 0 radical (unpaired) electrons. The maximum atomic E-state index is 12.4. The normalized spacial score (nSPS) is 10.8. The van der Waals surface area contributed by atoms with Crippen molar-refractivity contribution in [3.05, 3.63) is 89.3 Å². The second kappa shape index (κ2) is 8.15. The number of fused-ring (bicyclic) bond motifs is 1. The van der Waals surface area contributed by atoms with Gasteiger partial charge in [0.15, 0.2) is 0 Å². The van der Waals surface area contributed by atoms with E-state index in [1.807, 2.05) is 24.4 Å². The van der Waals surface area contributed by atoms with Gasteiger partial charge in [-0.2, -0.15) is 0 Å². The number of carbonyl (C=O) groups excluding carboxylic acids is 1. The minimum atomic E-state index is -0.275. The summed E-state index contributed by atoms with van der Waals surface area (Å²) in [5.41, 5.74) is 4.23. The van der Waals surface area contributed by atoms with Crippen LogP contribution in [0, 0.1) is 0 Å². The first-order chi connectivity index (χ1) is 13.7. The van der Waals surface area contributed by atoms with Crippen LogP contribution in [-0.2, 0) is 6.42 Å². The molecule has 28 heavy (non-hydrogen) atoms. The number of para-hydroxylation sites is 1. The van der Waals surface area contributed by atoms with Crippen LogP contribution in [-0.4, -0.2) is 22.4 Å². The smallest absolute Gasteiger partial charge is 0.274 e. The van der Waals surface area contributed by atoms with E-state index in [4.69, 9.17) is 11.6 Å². The van der Waals surface area contributed by atoms with E-state index in [2.05, 4.69) is 32.7 Å². The van der Waals surface area contributed by atoms with Gasteiger partial charge >= 0.3 is 0 Å². The van der Waals surface area contributed by atoms with Gasteiger partial charge in [0.2, 0.25) is 0 Å². The Morgan fingerprint density at radius 2 is 1.93 bits per heavy atom. The fraction of sp³-hybridized carbons (Fsp3) is 0.0909. The van der Waals surface area contributed by atoms with Gasteiger partial charge < -0.3 is 15.6 Å². The number of hydrogen-bond donors (Lipinski definition) is 3. The molecule has 0 saturated heterocycles. The molecule has 2 heterocycles. The zero-order valence-electron chi connectivity index (χ0n) is 15.1. The lowest BCUT2D eigenvalue weighted by atomic mass is 10.1. The molecule has 0 aliphatic carbocycles. The Kier molecular flexibility index (Phi) is 5.26. The molecule has 0 spiro atoms. The predicted octanol–water partition coefficient (Wildman–Crippen LogP) is 5.12. The lowest BCUT2D eigenvalue weighted by molar-refractivity contribution is 0.102. The molecular weight excluding hydrogens is 372 g/mol. The van der Waals surface area contributed by atoms with Gasteiger partial charge in [-0.05, 0) is 48.4 Å². The van der Waals surface area contributed by atoms with Gasteiger partial charge in [0.25, 0.3) is 5.91 Å². The lowest BCUT2D eigenvalue weighted by Crippen LogP contribution is -2.14. The number of amides is 1. The van der Waals surface area contributed by atoms with E-state index in [0.717, 1.165) is 24.2 Å². The number of nitrogens with zero attached hydrogens (tertiary/aromatic N) is 1. The Morgan fingerprint density at radius 3 is 2.82 bits per heavy atom. The number of carbonyl (C=O) groups is 1. The Hall–Kier alpha value is -3.31. The number of aromatic nitrogens is 2. The summed E-state index contributed by atoms with van der Waals surface area (Å²) in [5.74, 6) is -0.275. The third-order valence-corrected chi connectivity index (χ3v) is 4.71. The molecule has 4 rings (SSSR count). The number of H-pyrrole nitrogens is 1. The molecule has 0 fully saturated rings. The summed E-state index contributed by atoms with van der Waals surface area (Å²) in [6.45, 7) is 0.751. The lowest BCUT2D eigenvalue weighted by Gasteiger charge is -2.09. The average molecular weight is 391 g/mol. The molecule has 2 aromatic carbocycles. The summed E-state index contributed by atoms with van der Waals surface area (Å²) >= 11 is 5.96. The summed E-state index contributed by atoms with van der Waals surface area (Å²) in [5, 5.41) is 7.97. The second-order valence-corrected chi connectivity index (χ2v) is 6.87. The molecule has 1 amide bonds. The van der Waals surface area contributed by atoms with Crippen molar-refractivity contribution in [2.24, 2.45) is 0 Å². The van der Waals surface area contributed by atoms with Gasteiger partial charge in [-0.15, -0.1) is 0 Å². The Bertz CT molecular complexity index is 1120. The first kappa shape index (κ1) is 18.1. The van der Waals surface area contributed by atoms with Crippen LogP contribution in [0.15, 0.2) is 73.1 Å². The standard InChI is InChI=1S/C22H19ClN4O/c23-16-4-3-5-18(12-16)27-22(28)21-13-17(9-11-25-21)24-10-8-15-14-26-20-7-2-1-6-19(15)20/h1-7,9,11-14,26H,8,10H2,(H,24,25)(H,27,28). The van der Waals surface area contributed by atoms with Crippen molar-refractivity contribution >= 4 is 39.8 Å². The van der Waals surface area contributed by atoms with E-state index >= 15 is 0 Å². The second-order valence-electron chi connectivity index (χ2n) is 6.43. The van der Waals surface area contributed by atoms with Crippen LogP contribution in [0.2, 0.25) is 5.02 Å². The van der Waals surface area contributed by atoms with Gasteiger partial charge in [0.1, 0.15) is 5.69 Å². The molecule has 0 saturated carbocycles. The zero-order valence-corrected chi connectivity index (χ0v) is 15.8. The first-order valence-electron chi connectivity index (χ1n) is 9.01. The molecule has 0 bridgehead atoms. The Labute approximate surface area is 167 Å². The van der Waals surface area contributed by atoms with Crippen molar-refractivity contribution in [2.75, 3.05) is 17.2 Å². The number of hydrogen-bond acceptors (Lipinski definition) is 3. The van der Waals surface area contributed by atoms with Gasteiger partial charge in [0.05, 0.1) is 0 Å². The SMILES string of the molecule is O=C(Nc1cccc(Cl)c1)c1cc(NCCc2c[nH]c3ccccc23)ccn1. The molecule has 140 valence electrons. The van der Waals surface area contributed by atoms with Crippen LogP contribution in [0.4, 0.5) is 11.4 Å². The molecule has 4 aromatic rings. The highest BCUT2D eigenvalue weighted by Gasteiger charge is 2.09.